The van der Waals surface area contributed by atoms with Crippen LogP contribution in [0.15, 0.2) is 60.7 Å². The molecule has 54 heavy (non-hydrogen) atoms. The smallest absolute Gasteiger partial charge is 0.407 e. The Bertz CT molecular complexity index is 1480. The highest BCUT2D eigenvalue weighted by Gasteiger charge is 2.34. The quantitative estimate of drug-likeness (QED) is 0.125. The van der Waals surface area contributed by atoms with Crippen LogP contribution >= 0.6 is 0 Å². The molecule has 0 aliphatic carbocycles. The molecule has 0 heterocycles. The average Bonchev–Trinajstić information content (AvgIpc) is 3.08. The number of benzene rings is 2. The maximum atomic E-state index is 14.2. The van der Waals surface area contributed by atoms with Crippen LogP contribution < -0.4 is 21.3 Å². The molecule has 0 aliphatic heterocycles. The zero-order valence-electron chi connectivity index (χ0n) is 33.7. The van der Waals surface area contributed by atoms with Gasteiger partial charge >= 0.3 is 18.1 Å². The van der Waals surface area contributed by atoms with Crippen LogP contribution in [-0.2, 0) is 36.8 Å². The van der Waals surface area contributed by atoms with Gasteiger partial charge in [-0.3, -0.25) is 9.59 Å². The van der Waals surface area contributed by atoms with Crippen LogP contribution in [0.2, 0.25) is 0 Å². The van der Waals surface area contributed by atoms with Gasteiger partial charge in [0, 0.05) is 6.54 Å². The van der Waals surface area contributed by atoms with E-state index in [1.807, 2.05) is 88.4 Å². The molecule has 0 bridgehead atoms. The number of nitrogens with one attached hydrogen (secondary N) is 4. The molecular formula is C41H63N5O8. The van der Waals surface area contributed by atoms with Crippen molar-refractivity contribution in [2.45, 2.75) is 124 Å². The van der Waals surface area contributed by atoms with E-state index in [0.717, 1.165) is 11.1 Å². The molecule has 0 radical (unpaired) electrons. The van der Waals surface area contributed by atoms with E-state index in [2.05, 4.69) is 21.3 Å². The van der Waals surface area contributed by atoms with Gasteiger partial charge in [-0.05, 0) is 68.9 Å². The minimum absolute atomic E-state index is 0.0245. The maximum absolute atomic E-state index is 14.2. The summed E-state index contributed by atoms with van der Waals surface area (Å²) in [6.45, 7) is 16.3. The molecule has 2 rings (SSSR count). The summed E-state index contributed by atoms with van der Waals surface area (Å²) in [6, 6.07) is 14.2. The Labute approximate surface area is 321 Å². The second kappa shape index (κ2) is 21.9. The van der Waals surface area contributed by atoms with E-state index in [1.165, 1.54) is 12.0 Å². The Kier molecular flexibility index (Phi) is 18.5. The van der Waals surface area contributed by atoms with Gasteiger partial charge in [-0.15, -0.1) is 0 Å². The van der Waals surface area contributed by atoms with Gasteiger partial charge < -0.3 is 40.7 Å². The van der Waals surface area contributed by atoms with Crippen molar-refractivity contribution in [3.63, 3.8) is 0 Å². The number of carbonyl (C=O) groups excluding carboxylic acids is 5. The number of amides is 5. The van der Waals surface area contributed by atoms with Crippen LogP contribution in [0.5, 0.6) is 0 Å². The van der Waals surface area contributed by atoms with Gasteiger partial charge in [-0.1, -0.05) is 102 Å². The Morgan fingerprint density at radius 3 is 1.76 bits per heavy atom. The summed E-state index contributed by atoms with van der Waals surface area (Å²) in [5.74, 6) is -1.98. The van der Waals surface area contributed by atoms with Crippen molar-refractivity contribution in [1.29, 1.82) is 0 Å². The molecule has 13 heteroatoms. The lowest BCUT2D eigenvalue weighted by Gasteiger charge is -2.33. The van der Waals surface area contributed by atoms with E-state index in [9.17, 15) is 29.1 Å². The first-order valence-corrected chi connectivity index (χ1v) is 18.8. The summed E-state index contributed by atoms with van der Waals surface area (Å²) in [4.78, 5) is 68.3. The lowest BCUT2D eigenvalue weighted by molar-refractivity contribution is -0.146. The molecule has 5 amide bonds. The standard InChI is InChI=1S/C41H63N5O8/c1-26(2)21-32(36(48)45-35(28(5)6)37(49)42-33(22-27(3)4)38(50)53-10)43-39(51)46(24-30-19-15-12-16-20-30)25-34(47)31(23-29-17-13-11-14-18-29)44-40(52)54-41(7,8)9/h11-20,26-28,31-35,47H,21-25H2,1-10H3,(H,42,49)(H,43,51)(H,44,52)(H,45,48)/t31-,32-,33-,34+,35-/m0/s1. The van der Waals surface area contributed by atoms with E-state index < -0.39 is 65.8 Å². The first-order valence-electron chi connectivity index (χ1n) is 18.8. The molecule has 13 nitrogen and oxygen atoms in total. The van der Waals surface area contributed by atoms with E-state index in [1.54, 1.807) is 34.6 Å². The number of ether oxygens (including phenoxy) is 2. The van der Waals surface area contributed by atoms with Crippen molar-refractivity contribution in [2.75, 3.05) is 13.7 Å². The third kappa shape index (κ3) is 16.6. The fraction of sp³-hybridized carbons (Fsp3) is 0.585. The van der Waals surface area contributed by atoms with Crippen LogP contribution in [0.4, 0.5) is 9.59 Å². The van der Waals surface area contributed by atoms with Crippen LogP contribution in [0, 0.1) is 17.8 Å². The lowest BCUT2D eigenvalue weighted by atomic mass is 9.98. The number of urea groups is 1. The monoisotopic (exact) mass is 753 g/mol. The van der Waals surface area contributed by atoms with E-state index >= 15 is 0 Å². The topological polar surface area (TPSA) is 175 Å². The van der Waals surface area contributed by atoms with Crippen LogP contribution in [0.1, 0.15) is 86.3 Å². The minimum Gasteiger partial charge on any atom is -0.467 e. The highest BCUT2D eigenvalue weighted by molar-refractivity contribution is 5.93. The molecule has 0 fully saturated rings. The van der Waals surface area contributed by atoms with Gasteiger partial charge in [0.05, 0.1) is 25.8 Å². The molecule has 2 aromatic carbocycles. The molecule has 0 saturated heterocycles. The van der Waals surface area contributed by atoms with Gasteiger partial charge in [0.15, 0.2) is 0 Å². The Hall–Kier alpha value is -4.65. The number of nitrogens with zero attached hydrogens (tertiary/aromatic N) is 1. The summed E-state index contributed by atoms with van der Waals surface area (Å²) in [5, 5.41) is 22.9. The molecule has 0 saturated carbocycles. The largest absolute Gasteiger partial charge is 0.467 e. The SMILES string of the molecule is COC(=O)[C@H](CC(C)C)NC(=O)[C@@H](NC(=O)[C@H](CC(C)C)NC(=O)N(Cc1ccccc1)C[C@@H](O)[C@H](Cc1ccccc1)NC(=O)OC(C)(C)C)C(C)C. The van der Waals surface area contributed by atoms with Crippen molar-refractivity contribution >= 4 is 29.9 Å². The molecule has 0 unspecified atom stereocenters. The van der Waals surface area contributed by atoms with Gasteiger partial charge in [0.25, 0.3) is 0 Å². The number of aliphatic hydroxyl groups excluding tert-OH is 1. The first-order chi connectivity index (χ1) is 25.3. The van der Waals surface area contributed by atoms with Gasteiger partial charge in [0.2, 0.25) is 11.8 Å². The predicted octanol–water partition coefficient (Wildman–Crippen LogP) is 4.95. The summed E-state index contributed by atoms with van der Waals surface area (Å²) >= 11 is 0. The predicted molar refractivity (Wildman–Crippen MR) is 208 cm³/mol. The zero-order valence-corrected chi connectivity index (χ0v) is 33.7. The molecule has 300 valence electrons. The summed E-state index contributed by atoms with van der Waals surface area (Å²) in [7, 11) is 1.25. The third-order valence-corrected chi connectivity index (χ3v) is 8.45. The summed E-state index contributed by atoms with van der Waals surface area (Å²) in [5.41, 5.74) is 0.864. The maximum Gasteiger partial charge on any atom is 0.407 e. The number of hydrogen-bond donors (Lipinski definition) is 5. The van der Waals surface area contributed by atoms with E-state index in [0.29, 0.717) is 6.42 Å². The number of hydrogen-bond acceptors (Lipinski definition) is 8. The third-order valence-electron chi connectivity index (χ3n) is 8.45. The number of esters is 1. The second-order valence-corrected chi connectivity index (χ2v) is 16.0. The van der Waals surface area contributed by atoms with Crippen molar-refractivity contribution in [3.8, 4) is 0 Å². The molecule has 5 N–H and O–H groups in total. The molecule has 0 aromatic heterocycles. The summed E-state index contributed by atoms with van der Waals surface area (Å²) in [6.07, 6.45) is -1.09. The van der Waals surface area contributed by atoms with Crippen LogP contribution in [0.3, 0.4) is 0 Å². The van der Waals surface area contributed by atoms with Crippen LogP contribution in [-0.4, -0.2) is 89.4 Å². The molecule has 2 aromatic rings. The minimum atomic E-state index is -1.24. The van der Waals surface area contributed by atoms with Crippen molar-refractivity contribution in [3.05, 3.63) is 71.8 Å². The fourth-order valence-corrected chi connectivity index (χ4v) is 5.81. The normalized spacial score (nSPS) is 14.3. The van der Waals surface area contributed by atoms with Crippen molar-refractivity contribution in [1.82, 2.24) is 26.2 Å². The van der Waals surface area contributed by atoms with E-state index in [-0.39, 0.29) is 43.7 Å². The average molecular weight is 754 g/mol. The Balaban J connectivity index is 2.38. The molecule has 0 aliphatic rings. The van der Waals surface area contributed by atoms with Crippen LogP contribution in [0.25, 0.3) is 0 Å². The number of carbonyl (C=O) groups is 5. The van der Waals surface area contributed by atoms with Gasteiger partial charge in [-0.2, -0.15) is 0 Å². The first kappa shape index (κ1) is 45.5. The second-order valence-electron chi connectivity index (χ2n) is 16.0. The highest BCUT2D eigenvalue weighted by atomic mass is 16.6. The van der Waals surface area contributed by atoms with Crippen molar-refractivity contribution < 1.29 is 38.6 Å². The number of rotatable bonds is 19. The summed E-state index contributed by atoms with van der Waals surface area (Å²) < 4.78 is 10.4. The highest BCUT2D eigenvalue weighted by Crippen LogP contribution is 2.15. The lowest BCUT2D eigenvalue weighted by Crippen LogP contribution is -2.59. The van der Waals surface area contributed by atoms with Crippen molar-refractivity contribution in [2.24, 2.45) is 17.8 Å². The molecular weight excluding hydrogens is 690 g/mol. The number of alkyl carbamates (subject to hydrolysis) is 1. The van der Waals surface area contributed by atoms with Gasteiger partial charge in [0.1, 0.15) is 23.7 Å². The fourth-order valence-electron chi connectivity index (χ4n) is 5.81. The molecule has 5 atom stereocenters. The number of methoxy groups -OCH3 is 1. The molecule has 0 spiro atoms. The Morgan fingerprint density at radius 2 is 1.26 bits per heavy atom. The van der Waals surface area contributed by atoms with E-state index in [4.69, 9.17) is 9.47 Å². The zero-order chi connectivity index (χ0) is 40.6. The Morgan fingerprint density at radius 1 is 0.722 bits per heavy atom. The number of aliphatic hydroxyl groups is 1. The van der Waals surface area contributed by atoms with Gasteiger partial charge in [-0.25, -0.2) is 14.4 Å².